The van der Waals surface area contributed by atoms with Gasteiger partial charge in [0.2, 0.25) is 0 Å². The van der Waals surface area contributed by atoms with Crippen LogP contribution in [0.3, 0.4) is 0 Å². The molecule has 0 fully saturated rings. The summed E-state index contributed by atoms with van der Waals surface area (Å²) >= 11 is 0. The van der Waals surface area contributed by atoms with Gasteiger partial charge in [-0.15, -0.1) is 0 Å². The van der Waals surface area contributed by atoms with E-state index in [9.17, 15) is 19.7 Å². The van der Waals surface area contributed by atoms with E-state index in [0.717, 1.165) is 0 Å². The van der Waals surface area contributed by atoms with E-state index in [1.807, 2.05) is 0 Å². The Bertz CT molecular complexity index is 779. The van der Waals surface area contributed by atoms with Crippen molar-refractivity contribution in [1.82, 2.24) is 5.16 Å². The van der Waals surface area contributed by atoms with Crippen molar-refractivity contribution in [2.45, 2.75) is 26.9 Å². The number of nitro groups is 1. The number of aromatic nitrogens is 1. The minimum atomic E-state index is -1.16. The summed E-state index contributed by atoms with van der Waals surface area (Å²) in [5.74, 6) is -1.16. The minimum Gasteiger partial charge on any atom is -0.449 e. The van der Waals surface area contributed by atoms with Crippen LogP contribution in [0.25, 0.3) is 0 Å². The zero-order chi connectivity index (χ0) is 17.9. The van der Waals surface area contributed by atoms with Crippen molar-refractivity contribution in [3.05, 3.63) is 51.4 Å². The normalized spacial score (nSPS) is 11.6. The number of carbonyl (C=O) groups is 2. The second-order valence-corrected chi connectivity index (χ2v) is 5.01. The molecule has 0 aliphatic rings. The van der Waals surface area contributed by atoms with E-state index in [0.29, 0.717) is 5.69 Å². The van der Waals surface area contributed by atoms with Crippen LogP contribution in [-0.4, -0.2) is 28.1 Å². The molecule has 1 N–H and O–H groups in total. The van der Waals surface area contributed by atoms with Crippen LogP contribution in [0.5, 0.6) is 0 Å². The van der Waals surface area contributed by atoms with Crippen LogP contribution in [0.4, 0.5) is 11.4 Å². The molecule has 2 rings (SSSR count). The monoisotopic (exact) mass is 333 g/mol. The predicted octanol–water partition coefficient (Wildman–Crippen LogP) is 2.38. The van der Waals surface area contributed by atoms with Gasteiger partial charge in [0.25, 0.3) is 11.6 Å². The van der Waals surface area contributed by atoms with Crippen LogP contribution in [0.1, 0.15) is 28.7 Å². The molecule has 1 aromatic carbocycles. The lowest BCUT2D eigenvalue weighted by Crippen LogP contribution is -2.30. The van der Waals surface area contributed by atoms with Crippen LogP contribution in [0.2, 0.25) is 0 Å². The number of hydrogen-bond donors (Lipinski definition) is 1. The van der Waals surface area contributed by atoms with Crippen molar-refractivity contribution < 1.29 is 23.8 Å². The van der Waals surface area contributed by atoms with Gasteiger partial charge >= 0.3 is 5.97 Å². The quantitative estimate of drug-likeness (QED) is 0.506. The Labute approximate surface area is 136 Å². The summed E-state index contributed by atoms with van der Waals surface area (Å²) in [6.07, 6.45) is -1.16. The molecule has 24 heavy (non-hydrogen) atoms. The molecule has 9 heteroatoms. The van der Waals surface area contributed by atoms with Crippen molar-refractivity contribution in [3.63, 3.8) is 0 Å². The third-order valence-electron chi connectivity index (χ3n) is 3.25. The van der Waals surface area contributed by atoms with Gasteiger partial charge in [-0.25, -0.2) is 4.79 Å². The van der Waals surface area contributed by atoms with Crippen molar-refractivity contribution in [1.29, 1.82) is 0 Å². The van der Waals surface area contributed by atoms with E-state index in [1.165, 1.54) is 25.1 Å². The van der Waals surface area contributed by atoms with Gasteiger partial charge in [0.15, 0.2) is 6.10 Å². The van der Waals surface area contributed by atoms with Crippen LogP contribution in [0.15, 0.2) is 28.8 Å². The van der Waals surface area contributed by atoms with Gasteiger partial charge in [-0.2, -0.15) is 0 Å². The van der Waals surface area contributed by atoms with Crippen molar-refractivity contribution in [3.8, 4) is 0 Å². The molecule has 9 nitrogen and oxygen atoms in total. The average Bonchev–Trinajstić information content (AvgIpc) is 2.86. The number of nitrogens with zero attached hydrogens (tertiary/aromatic N) is 2. The van der Waals surface area contributed by atoms with E-state index < -0.39 is 22.9 Å². The summed E-state index contributed by atoms with van der Waals surface area (Å²) in [5.41, 5.74) is 0.270. The third-order valence-corrected chi connectivity index (χ3v) is 3.25. The Hall–Kier alpha value is -3.23. The van der Waals surface area contributed by atoms with Gasteiger partial charge in [0.1, 0.15) is 17.0 Å². The standard InChI is InChI=1S/C15H15N3O6/c1-8-13(9(2)24-17-8)15(20)23-10(3)14(19)16-11-6-4-5-7-12(11)18(21)22/h4-7,10H,1-3H3,(H,16,19)/t10-/m1/s1. The van der Waals surface area contributed by atoms with Gasteiger partial charge in [-0.05, 0) is 26.8 Å². The highest BCUT2D eigenvalue weighted by Crippen LogP contribution is 2.23. The van der Waals surface area contributed by atoms with E-state index >= 15 is 0 Å². The number of amides is 1. The van der Waals surface area contributed by atoms with Crippen LogP contribution in [0, 0.1) is 24.0 Å². The number of rotatable bonds is 5. The first kappa shape index (κ1) is 17.1. The Kier molecular flexibility index (Phi) is 4.93. The molecular formula is C15H15N3O6. The Morgan fingerprint density at radius 2 is 2.00 bits per heavy atom. The summed E-state index contributed by atoms with van der Waals surface area (Å²) in [4.78, 5) is 34.5. The molecule has 0 spiro atoms. The van der Waals surface area contributed by atoms with E-state index in [2.05, 4.69) is 10.5 Å². The second kappa shape index (κ2) is 6.90. The highest BCUT2D eigenvalue weighted by atomic mass is 16.6. The fourth-order valence-corrected chi connectivity index (χ4v) is 2.02. The first-order valence-electron chi connectivity index (χ1n) is 6.99. The number of nitro benzene ring substituents is 1. The Morgan fingerprint density at radius 3 is 2.58 bits per heavy atom. The molecule has 1 atom stereocenters. The lowest BCUT2D eigenvalue weighted by Gasteiger charge is -2.13. The molecule has 0 aliphatic heterocycles. The van der Waals surface area contributed by atoms with Gasteiger partial charge in [-0.1, -0.05) is 17.3 Å². The number of ether oxygens (including phenoxy) is 1. The molecule has 1 aromatic heterocycles. The lowest BCUT2D eigenvalue weighted by atomic mass is 10.2. The third kappa shape index (κ3) is 3.57. The minimum absolute atomic E-state index is 0.0211. The van der Waals surface area contributed by atoms with Gasteiger partial charge in [-0.3, -0.25) is 14.9 Å². The first-order valence-corrected chi connectivity index (χ1v) is 6.99. The number of aryl methyl sites for hydroxylation is 2. The summed E-state index contributed by atoms with van der Waals surface area (Å²) < 4.78 is 9.94. The molecule has 0 radical (unpaired) electrons. The molecule has 0 saturated carbocycles. The molecule has 0 aliphatic carbocycles. The maximum atomic E-state index is 12.1. The highest BCUT2D eigenvalue weighted by molar-refractivity contribution is 5.99. The fourth-order valence-electron chi connectivity index (χ4n) is 2.02. The van der Waals surface area contributed by atoms with Gasteiger partial charge in [0, 0.05) is 6.07 Å². The summed E-state index contributed by atoms with van der Waals surface area (Å²) in [6, 6.07) is 5.67. The summed E-state index contributed by atoms with van der Waals surface area (Å²) in [7, 11) is 0. The van der Waals surface area contributed by atoms with Crippen LogP contribution < -0.4 is 5.32 Å². The molecule has 126 valence electrons. The molecule has 0 saturated heterocycles. The summed E-state index contributed by atoms with van der Waals surface area (Å²) in [6.45, 7) is 4.49. The van der Waals surface area contributed by atoms with Crippen LogP contribution in [-0.2, 0) is 9.53 Å². The lowest BCUT2D eigenvalue weighted by molar-refractivity contribution is -0.383. The SMILES string of the molecule is Cc1noc(C)c1C(=O)O[C@H](C)C(=O)Nc1ccccc1[N+](=O)[O-]. The zero-order valence-corrected chi connectivity index (χ0v) is 13.2. The molecule has 0 unspecified atom stereocenters. The number of hydrogen-bond acceptors (Lipinski definition) is 7. The second-order valence-electron chi connectivity index (χ2n) is 5.01. The number of carbonyl (C=O) groups excluding carboxylic acids is 2. The molecule has 1 amide bonds. The fraction of sp³-hybridized carbons (Fsp3) is 0.267. The predicted molar refractivity (Wildman–Crippen MR) is 82.6 cm³/mol. The first-order chi connectivity index (χ1) is 11.3. The molecular weight excluding hydrogens is 318 g/mol. The largest absolute Gasteiger partial charge is 0.449 e. The van der Waals surface area contributed by atoms with E-state index in [-0.39, 0.29) is 22.7 Å². The molecule has 2 aromatic rings. The number of para-hydroxylation sites is 2. The zero-order valence-electron chi connectivity index (χ0n) is 13.2. The topological polar surface area (TPSA) is 125 Å². The van der Waals surface area contributed by atoms with Gasteiger partial charge < -0.3 is 14.6 Å². The molecule has 1 heterocycles. The van der Waals surface area contributed by atoms with Crippen molar-refractivity contribution in [2.75, 3.05) is 5.32 Å². The smallest absolute Gasteiger partial charge is 0.344 e. The maximum Gasteiger partial charge on any atom is 0.344 e. The highest BCUT2D eigenvalue weighted by Gasteiger charge is 2.25. The Balaban J connectivity index is 2.08. The number of nitrogens with one attached hydrogen (secondary N) is 1. The number of anilines is 1. The van der Waals surface area contributed by atoms with Crippen molar-refractivity contribution >= 4 is 23.3 Å². The van der Waals surface area contributed by atoms with E-state index in [1.54, 1.807) is 19.9 Å². The summed E-state index contributed by atoms with van der Waals surface area (Å²) in [5, 5.41) is 16.9. The molecule has 0 bridgehead atoms. The maximum absolute atomic E-state index is 12.1. The van der Waals surface area contributed by atoms with Gasteiger partial charge in [0.05, 0.1) is 10.6 Å². The average molecular weight is 333 g/mol. The Morgan fingerprint density at radius 1 is 1.33 bits per heavy atom. The number of benzene rings is 1. The number of esters is 1. The van der Waals surface area contributed by atoms with Crippen molar-refractivity contribution in [2.24, 2.45) is 0 Å². The van der Waals surface area contributed by atoms with E-state index in [4.69, 9.17) is 9.26 Å². The van der Waals surface area contributed by atoms with Crippen LogP contribution >= 0.6 is 0 Å².